The Labute approximate surface area is 171 Å². The number of hydrogen-bond acceptors (Lipinski definition) is 6. The molecule has 0 atom stereocenters. The summed E-state index contributed by atoms with van der Waals surface area (Å²) in [6.07, 6.45) is 5.68. The second-order valence-corrected chi connectivity index (χ2v) is 8.25. The maximum absolute atomic E-state index is 12.5. The number of thiazole rings is 1. The van der Waals surface area contributed by atoms with Crippen molar-refractivity contribution in [1.82, 2.24) is 9.88 Å². The van der Waals surface area contributed by atoms with Crippen LogP contribution in [0.3, 0.4) is 0 Å². The first-order valence-corrected chi connectivity index (χ1v) is 10.3. The van der Waals surface area contributed by atoms with Crippen LogP contribution in [0.5, 0.6) is 0 Å². The SMILES string of the molecule is Cc1csc(NC(=O)CCN2C(=O)/C(=C\C=C/c3ccccc3)SC2=S)n1. The molecule has 1 fully saturated rings. The monoisotopic (exact) mass is 415 g/mol. The number of carbonyl (C=O) groups excluding carboxylic acids is 2. The van der Waals surface area contributed by atoms with E-state index < -0.39 is 0 Å². The molecule has 8 heteroatoms. The van der Waals surface area contributed by atoms with Crippen LogP contribution >= 0.6 is 35.3 Å². The fraction of sp³-hybridized carbons (Fsp3) is 0.158. The fourth-order valence-corrected chi connectivity index (χ4v) is 4.29. The molecule has 27 heavy (non-hydrogen) atoms. The van der Waals surface area contributed by atoms with Gasteiger partial charge in [-0.05, 0) is 18.6 Å². The summed E-state index contributed by atoms with van der Waals surface area (Å²) in [5.41, 5.74) is 1.92. The molecule has 1 aliphatic rings. The minimum Gasteiger partial charge on any atom is -0.302 e. The Morgan fingerprint density at radius 1 is 1.33 bits per heavy atom. The number of thiocarbonyl (C=S) groups is 1. The Kier molecular flexibility index (Phi) is 6.54. The normalized spacial score (nSPS) is 15.9. The quantitative estimate of drug-likeness (QED) is 0.565. The van der Waals surface area contributed by atoms with Crippen molar-refractivity contribution in [2.75, 3.05) is 11.9 Å². The van der Waals surface area contributed by atoms with Gasteiger partial charge in [0.25, 0.3) is 5.91 Å². The summed E-state index contributed by atoms with van der Waals surface area (Å²) in [6, 6.07) is 9.83. The van der Waals surface area contributed by atoms with E-state index in [0.717, 1.165) is 11.3 Å². The number of anilines is 1. The lowest BCUT2D eigenvalue weighted by atomic mass is 10.2. The van der Waals surface area contributed by atoms with E-state index in [1.54, 1.807) is 6.08 Å². The van der Waals surface area contributed by atoms with E-state index in [0.29, 0.717) is 14.4 Å². The molecule has 1 aromatic heterocycles. The first-order valence-electron chi connectivity index (χ1n) is 8.22. The minimum atomic E-state index is -0.189. The van der Waals surface area contributed by atoms with E-state index in [1.807, 2.05) is 54.8 Å². The molecule has 0 spiro atoms. The maximum Gasteiger partial charge on any atom is 0.266 e. The van der Waals surface area contributed by atoms with Gasteiger partial charge in [-0.2, -0.15) is 0 Å². The van der Waals surface area contributed by atoms with E-state index in [4.69, 9.17) is 12.2 Å². The lowest BCUT2D eigenvalue weighted by Gasteiger charge is -2.13. The summed E-state index contributed by atoms with van der Waals surface area (Å²) < 4.78 is 0.470. The summed E-state index contributed by atoms with van der Waals surface area (Å²) in [6.45, 7) is 2.12. The van der Waals surface area contributed by atoms with Crippen LogP contribution < -0.4 is 5.32 Å². The minimum absolute atomic E-state index is 0.165. The molecule has 138 valence electrons. The van der Waals surface area contributed by atoms with Crippen molar-refractivity contribution in [3.63, 3.8) is 0 Å². The van der Waals surface area contributed by atoms with E-state index in [9.17, 15) is 9.59 Å². The molecule has 2 aromatic rings. The topological polar surface area (TPSA) is 62.3 Å². The van der Waals surface area contributed by atoms with Crippen molar-refractivity contribution < 1.29 is 9.59 Å². The lowest BCUT2D eigenvalue weighted by molar-refractivity contribution is -0.122. The van der Waals surface area contributed by atoms with Gasteiger partial charge in [0.05, 0.1) is 10.6 Å². The molecule has 2 heterocycles. The highest BCUT2D eigenvalue weighted by Gasteiger charge is 2.31. The number of nitrogens with one attached hydrogen (secondary N) is 1. The smallest absolute Gasteiger partial charge is 0.266 e. The molecule has 3 rings (SSSR count). The lowest BCUT2D eigenvalue weighted by Crippen LogP contribution is -2.31. The average molecular weight is 416 g/mol. The van der Waals surface area contributed by atoms with Crippen LogP contribution in [0.1, 0.15) is 17.7 Å². The van der Waals surface area contributed by atoms with E-state index in [2.05, 4.69) is 10.3 Å². The Balaban J connectivity index is 1.55. The molecule has 2 amide bonds. The van der Waals surface area contributed by atoms with Gasteiger partial charge in [-0.3, -0.25) is 14.5 Å². The number of aryl methyl sites for hydroxylation is 1. The Hall–Kier alpha value is -2.29. The first-order chi connectivity index (χ1) is 13.0. The summed E-state index contributed by atoms with van der Waals surface area (Å²) in [7, 11) is 0. The molecule has 0 aliphatic carbocycles. The van der Waals surface area contributed by atoms with Gasteiger partial charge >= 0.3 is 0 Å². The number of rotatable bonds is 6. The summed E-state index contributed by atoms with van der Waals surface area (Å²) in [4.78, 5) is 30.8. The molecule has 0 unspecified atom stereocenters. The van der Waals surface area contributed by atoms with E-state index in [-0.39, 0.29) is 24.8 Å². The molecule has 0 radical (unpaired) electrons. The molecule has 0 saturated carbocycles. The zero-order valence-corrected chi connectivity index (χ0v) is 17.0. The molecular formula is C19H17N3O2S3. The van der Waals surface area contributed by atoms with Crippen molar-refractivity contribution >= 4 is 62.7 Å². The van der Waals surface area contributed by atoms with Crippen LogP contribution in [0.4, 0.5) is 5.13 Å². The van der Waals surface area contributed by atoms with Crippen LogP contribution in [0, 0.1) is 6.92 Å². The number of hydrogen-bond donors (Lipinski definition) is 1. The fourth-order valence-electron chi connectivity index (χ4n) is 2.32. The third kappa shape index (κ3) is 5.35. The van der Waals surface area contributed by atoms with Gasteiger partial charge in [0, 0.05) is 18.3 Å². The summed E-state index contributed by atoms with van der Waals surface area (Å²) in [5.74, 6) is -0.355. The average Bonchev–Trinajstić information content (AvgIpc) is 3.17. The number of benzene rings is 1. The Morgan fingerprint density at radius 3 is 2.81 bits per heavy atom. The summed E-state index contributed by atoms with van der Waals surface area (Å²) >= 11 is 7.91. The molecular weight excluding hydrogens is 398 g/mol. The van der Waals surface area contributed by atoms with Gasteiger partial charge in [0.1, 0.15) is 4.32 Å². The van der Waals surface area contributed by atoms with Crippen LogP contribution in [-0.2, 0) is 9.59 Å². The van der Waals surface area contributed by atoms with Crippen LogP contribution in [0.2, 0.25) is 0 Å². The molecule has 1 aromatic carbocycles. The van der Waals surface area contributed by atoms with E-state index >= 15 is 0 Å². The molecule has 5 nitrogen and oxygen atoms in total. The van der Waals surface area contributed by atoms with Crippen molar-refractivity contribution in [3.8, 4) is 0 Å². The number of allylic oxidation sites excluding steroid dienone is 2. The van der Waals surface area contributed by atoms with Gasteiger partial charge in [-0.1, -0.05) is 66.5 Å². The molecule has 1 N–H and O–H groups in total. The van der Waals surface area contributed by atoms with Crippen LogP contribution in [0.25, 0.3) is 6.08 Å². The van der Waals surface area contributed by atoms with Gasteiger partial charge in [0.15, 0.2) is 5.13 Å². The third-order valence-corrected chi connectivity index (χ3v) is 5.91. The van der Waals surface area contributed by atoms with Gasteiger partial charge in [0.2, 0.25) is 5.91 Å². The second kappa shape index (κ2) is 9.07. The highest BCUT2D eigenvalue weighted by atomic mass is 32.2. The van der Waals surface area contributed by atoms with Gasteiger partial charge < -0.3 is 5.32 Å². The van der Waals surface area contributed by atoms with Gasteiger partial charge in [-0.25, -0.2) is 4.98 Å². The third-order valence-electron chi connectivity index (χ3n) is 3.64. The predicted molar refractivity (Wildman–Crippen MR) is 116 cm³/mol. The highest BCUT2D eigenvalue weighted by molar-refractivity contribution is 8.26. The van der Waals surface area contributed by atoms with Crippen molar-refractivity contribution in [1.29, 1.82) is 0 Å². The number of nitrogens with zero attached hydrogens (tertiary/aromatic N) is 2. The zero-order chi connectivity index (χ0) is 19.2. The molecule has 0 bridgehead atoms. The second-order valence-electron chi connectivity index (χ2n) is 5.72. The Morgan fingerprint density at radius 2 is 2.11 bits per heavy atom. The number of thioether (sulfide) groups is 1. The number of aromatic nitrogens is 1. The summed E-state index contributed by atoms with van der Waals surface area (Å²) in [5, 5.41) is 5.16. The largest absolute Gasteiger partial charge is 0.302 e. The van der Waals surface area contributed by atoms with Crippen LogP contribution in [0.15, 0.2) is 52.8 Å². The molecule has 1 aliphatic heterocycles. The first kappa shape index (κ1) is 19.5. The van der Waals surface area contributed by atoms with Crippen molar-refractivity contribution in [2.24, 2.45) is 0 Å². The predicted octanol–water partition coefficient (Wildman–Crippen LogP) is 4.24. The van der Waals surface area contributed by atoms with Crippen molar-refractivity contribution in [3.05, 3.63) is 64.0 Å². The standard InChI is InChI=1S/C19H17N3O2S3/c1-13-12-26-18(20-13)21-16(23)10-11-22-17(24)15(27-19(22)25)9-5-8-14-6-3-2-4-7-14/h2-9,12H,10-11H2,1H3,(H,20,21,23)/b8-5-,15-9+. The Bertz CT molecular complexity index is 919. The van der Waals surface area contributed by atoms with E-state index in [1.165, 1.54) is 28.0 Å². The molecule has 1 saturated heterocycles. The zero-order valence-electron chi connectivity index (χ0n) is 14.5. The van der Waals surface area contributed by atoms with Crippen molar-refractivity contribution in [2.45, 2.75) is 13.3 Å². The van der Waals surface area contributed by atoms with Crippen LogP contribution in [-0.4, -0.2) is 32.6 Å². The van der Waals surface area contributed by atoms with Gasteiger partial charge in [-0.15, -0.1) is 11.3 Å². The number of carbonyl (C=O) groups is 2. The highest BCUT2D eigenvalue weighted by Crippen LogP contribution is 2.31. The number of amides is 2. The maximum atomic E-state index is 12.5.